The number of fused-ring (bicyclic) bond motifs is 1. The first-order valence-corrected chi connectivity index (χ1v) is 9.84. The average Bonchev–Trinajstić information content (AvgIpc) is 2.79. The van der Waals surface area contributed by atoms with Gasteiger partial charge in [0.05, 0.1) is 11.4 Å². The van der Waals surface area contributed by atoms with E-state index >= 15 is 0 Å². The van der Waals surface area contributed by atoms with Crippen LogP contribution in [0.1, 0.15) is 0 Å². The Kier molecular flexibility index (Phi) is 4.55. The highest BCUT2D eigenvalue weighted by Crippen LogP contribution is 2.30. The van der Waals surface area contributed by atoms with Crippen molar-refractivity contribution in [1.82, 2.24) is 9.97 Å². The van der Waals surface area contributed by atoms with E-state index in [0.29, 0.717) is 10.8 Å². The third-order valence-electron chi connectivity index (χ3n) is 4.92. The highest BCUT2D eigenvalue weighted by molar-refractivity contribution is 6.30. The molecular formula is C26H17ClN2. The minimum absolute atomic E-state index is 0.689. The quantitative estimate of drug-likeness (QED) is 0.322. The van der Waals surface area contributed by atoms with Gasteiger partial charge in [-0.2, -0.15) is 0 Å². The lowest BCUT2D eigenvalue weighted by Gasteiger charge is -2.10. The average molecular weight is 393 g/mol. The molecule has 3 heteroatoms. The van der Waals surface area contributed by atoms with Gasteiger partial charge in [0.2, 0.25) is 0 Å². The smallest absolute Gasteiger partial charge is 0.160 e. The Hall–Kier alpha value is -3.49. The summed E-state index contributed by atoms with van der Waals surface area (Å²) in [5.74, 6) is 0.700. The first kappa shape index (κ1) is 17.6. The maximum Gasteiger partial charge on any atom is 0.160 e. The number of hydrogen-bond acceptors (Lipinski definition) is 2. The molecule has 0 N–H and O–H groups in total. The standard InChI is InChI=1S/C26H17ClN2/c27-23-12-6-11-21(16-23)24-17-25(29-26(28-24)19-8-2-1-3-9-19)22-14-13-18-7-4-5-10-20(18)15-22/h1-17H. The minimum Gasteiger partial charge on any atom is -0.228 e. The van der Waals surface area contributed by atoms with Crippen LogP contribution in [0.25, 0.3) is 44.7 Å². The second-order valence-electron chi connectivity index (χ2n) is 6.90. The fourth-order valence-electron chi connectivity index (χ4n) is 3.46. The molecule has 0 spiro atoms. The molecule has 0 unspecified atom stereocenters. The third kappa shape index (κ3) is 3.63. The fourth-order valence-corrected chi connectivity index (χ4v) is 3.65. The molecule has 0 saturated carbocycles. The molecule has 0 aliphatic carbocycles. The van der Waals surface area contributed by atoms with Crippen LogP contribution in [0.3, 0.4) is 0 Å². The van der Waals surface area contributed by atoms with Gasteiger partial charge < -0.3 is 0 Å². The molecule has 138 valence electrons. The van der Waals surface area contributed by atoms with Crippen LogP contribution in [0, 0.1) is 0 Å². The molecule has 5 rings (SSSR count). The van der Waals surface area contributed by atoms with Crippen molar-refractivity contribution in [3.05, 3.63) is 108 Å². The summed E-state index contributed by atoms with van der Waals surface area (Å²) in [5.41, 5.74) is 4.76. The van der Waals surface area contributed by atoms with Crippen molar-refractivity contribution in [2.75, 3.05) is 0 Å². The van der Waals surface area contributed by atoms with Gasteiger partial charge in [0.25, 0.3) is 0 Å². The Balaban J connectivity index is 1.72. The second-order valence-corrected chi connectivity index (χ2v) is 7.34. The van der Waals surface area contributed by atoms with Crippen LogP contribution in [-0.4, -0.2) is 9.97 Å². The van der Waals surface area contributed by atoms with Crippen LogP contribution in [0.4, 0.5) is 0 Å². The molecule has 0 atom stereocenters. The van der Waals surface area contributed by atoms with Gasteiger partial charge in [-0.05, 0) is 35.0 Å². The van der Waals surface area contributed by atoms with E-state index in [2.05, 4.69) is 42.5 Å². The van der Waals surface area contributed by atoms with Crippen LogP contribution in [0.15, 0.2) is 103 Å². The van der Waals surface area contributed by atoms with Gasteiger partial charge >= 0.3 is 0 Å². The van der Waals surface area contributed by atoms with Gasteiger partial charge in [-0.25, -0.2) is 9.97 Å². The summed E-state index contributed by atoms with van der Waals surface area (Å²) < 4.78 is 0. The molecule has 2 nitrogen and oxygen atoms in total. The van der Waals surface area contributed by atoms with Gasteiger partial charge in [-0.1, -0.05) is 90.5 Å². The van der Waals surface area contributed by atoms with Gasteiger partial charge in [0, 0.05) is 21.7 Å². The number of halogens is 1. The van der Waals surface area contributed by atoms with Crippen molar-refractivity contribution < 1.29 is 0 Å². The van der Waals surface area contributed by atoms with E-state index in [0.717, 1.165) is 28.1 Å². The summed E-state index contributed by atoms with van der Waals surface area (Å²) in [6, 6.07) is 34.6. The molecule has 0 aliphatic rings. The maximum absolute atomic E-state index is 6.23. The second kappa shape index (κ2) is 7.50. The first-order valence-electron chi connectivity index (χ1n) is 9.46. The molecule has 0 fully saturated rings. The van der Waals surface area contributed by atoms with E-state index < -0.39 is 0 Å². The summed E-state index contributed by atoms with van der Waals surface area (Å²) in [6.07, 6.45) is 0. The summed E-state index contributed by atoms with van der Waals surface area (Å²) in [5, 5.41) is 3.09. The lowest BCUT2D eigenvalue weighted by Crippen LogP contribution is -1.95. The topological polar surface area (TPSA) is 25.8 Å². The molecule has 5 aromatic rings. The molecule has 29 heavy (non-hydrogen) atoms. The molecule has 0 amide bonds. The molecule has 0 aliphatic heterocycles. The number of aromatic nitrogens is 2. The highest BCUT2D eigenvalue weighted by Gasteiger charge is 2.11. The van der Waals surface area contributed by atoms with Crippen LogP contribution in [0.2, 0.25) is 5.02 Å². The zero-order chi connectivity index (χ0) is 19.6. The third-order valence-corrected chi connectivity index (χ3v) is 5.16. The van der Waals surface area contributed by atoms with E-state index in [1.54, 1.807) is 0 Å². The Morgan fingerprint density at radius 1 is 0.483 bits per heavy atom. The predicted octanol–water partition coefficient (Wildman–Crippen LogP) is 7.28. The maximum atomic E-state index is 6.23. The van der Waals surface area contributed by atoms with Crippen LogP contribution < -0.4 is 0 Å². The van der Waals surface area contributed by atoms with Crippen molar-refractivity contribution in [3.63, 3.8) is 0 Å². The van der Waals surface area contributed by atoms with Crippen LogP contribution >= 0.6 is 11.6 Å². The molecule has 1 aromatic heterocycles. The van der Waals surface area contributed by atoms with E-state index in [-0.39, 0.29) is 0 Å². The van der Waals surface area contributed by atoms with E-state index in [1.165, 1.54) is 10.8 Å². The lowest BCUT2D eigenvalue weighted by molar-refractivity contribution is 1.18. The molecule has 0 bridgehead atoms. The van der Waals surface area contributed by atoms with Gasteiger partial charge in [-0.3, -0.25) is 0 Å². The summed E-state index contributed by atoms with van der Waals surface area (Å²) >= 11 is 6.23. The first-order chi connectivity index (χ1) is 14.3. The Morgan fingerprint density at radius 2 is 1.14 bits per heavy atom. The lowest BCUT2D eigenvalue weighted by atomic mass is 10.0. The number of hydrogen-bond donors (Lipinski definition) is 0. The zero-order valence-corrected chi connectivity index (χ0v) is 16.3. The van der Waals surface area contributed by atoms with Crippen molar-refractivity contribution in [2.45, 2.75) is 0 Å². The Morgan fingerprint density at radius 3 is 1.90 bits per heavy atom. The predicted molar refractivity (Wildman–Crippen MR) is 121 cm³/mol. The van der Waals surface area contributed by atoms with E-state index in [9.17, 15) is 0 Å². The Labute approximate surface area is 174 Å². The number of benzene rings is 4. The molecular weight excluding hydrogens is 376 g/mol. The molecule has 4 aromatic carbocycles. The number of rotatable bonds is 3. The van der Waals surface area contributed by atoms with Crippen LogP contribution in [0.5, 0.6) is 0 Å². The zero-order valence-electron chi connectivity index (χ0n) is 15.6. The molecule has 1 heterocycles. The number of nitrogens with zero attached hydrogens (tertiary/aromatic N) is 2. The molecule has 0 saturated heterocycles. The van der Waals surface area contributed by atoms with Crippen molar-refractivity contribution in [2.24, 2.45) is 0 Å². The fraction of sp³-hybridized carbons (Fsp3) is 0. The minimum atomic E-state index is 0.689. The van der Waals surface area contributed by atoms with Crippen LogP contribution in [-0.2, 0) is 0 Å². The van der Waals surface area contributed by atoms with Gasteiger partial charge in [0.1, 0.15) is 0 Å². The summed E-state index contributed by atoms with van der Waals surface area (Å²) in [6.45, 7) is 0. The van der Waals surface area contributed by atoms with E-state index in [1.807, 2.05) is 60.7 Å². The Bertz CT molecular complexity index is 1310. The highest BCUT2D eigenvalue weighted by atomic mass is 35.5. The normalized spacial score (nSPS) is 10.9. The van der Waals surface area contributed by atoms with Gasteiger partial charge in [0.15, 0.2) is 5.82 Å². The largest absolute Gasteiger partial charge is 0.228 e. The van der Waals surface area contributed by atoms with Crippen molar-refractivity contribution in [1.29, 1.82) is 0 Å². The molecule has 0 radical (unpaired) electrons. The SMILES string of the molecule is Clc1cccc(-c2cc(-c3ccc4ccccc4c3)nc(-c3ccccc3)n2)c1. The summed E-state index contributed by atoms with van der Waals surface area (Å²) in [4.78, 5) is 9.72. The van der Waals surface area contributed by atoms with Crippen molar-refractivity contribution in [3.8, 4) is 33.9 Å². The summed E-state index contributed by atoms with van der Waals surface area (Å²) in [7, 11) is 0. The van der Waals surface area contributed by atoms with E-state index in [4.69, 9.17) is 21.6 Å². The van der Waals surface area contributed by atoms with Gasteiger partial charge in [-0.15, -0.1) is 0 Å². The monoisotopic (exact) mass is 392 g/mol. The van der Waals surface area contributed by atoms with Crippen molar-refractivity contribution >= 4 is 22.4 Å².